The fourth-order valence-electron chi connectivity index (χ4n) is 2.13. The van der Waals surface area contributed by atoms with Crippen molar-refractivity contribution in [1.29, 1.82) is 0 Å². The molecule has 0 saturated heterocycles. The monoisotopic (exact) mass is 313 g/mol. The molecule has 0 heterocycles. The highest BCUT2D eigenvalue weighted by molar-refractivity contribution is 6.07. The van der Waals surface area contributed by atoms with Crippen molar-refractivity contribution in [2.45, 2.75) is 26.2 Å². The topological polar surface area (TPSA) is 86.6 Å². The van der Waals surface area contributed by atoms with Crippen LogP contribution < -0.4 is 5.32 Å². The molecule has 1 amide bonds. The van der Waals surface area contributed by atoms with Gasteiger partial charge in [-0.3, -0.25) is 4.79 Å². The summed E-state index contributed by atoms with van der Waals surface area (Å²) in [6.45, 7) is 6.24. The summed E-state index contributed by atoms with van der Waals surface area (Å²) in [7, 11) is 0. The van der Waals surface area contributed by atoms with Gasteiger partial charge in [-0.25, -0.2) is 4.79 Å². The van der Waals surface area contributed by atoms with E-state index >= 15 is 0 Å². The Morgan fingerprint density at radius 2 is 1.61 bits per heavy atom. The largest absolute Gasteiger partial charge is 0.508 e. The van der Waals surface area contributed by atoms with Gasteiger partial charge in [0.1, 0.15) is 5.75 Å². The van der Waals surface area contributed by atoms with Gasteiger partial charge >= 0.3 is 5.97 Å². The molecule has 2 aromatic carbocycles. The van der Waals surface area contributed by atoms with E-state index in [9.17, 15) is 14.7 Å². The smallest absolute Gasteiger partial charge is 0.337 e. The molecule has 5 nitrogen and oxygen atoms in total. The lowest BCUT2D eigenvalue weighted by molar-refractivity contribution is 0.0697. The van der Waals surface area contributed by atoms with Crippen molar-refractivity contribution in [2.75, 3.05) is 5.32 Å². The predicted molar refractivity (Wildman–Crippen MR) is 88.2 cm³/mol. The summed E-state index contributed by atoms with van der Waals surface area (Å²) in [5.41, 5.74) is 1.50. The average Bonchev–Trinajstić information content (AvgIpc) is 2.48. The van der Waals surface area contributed by atoms with Gasteiger partial charge in [0.25, 0.3) is 5.91 Å². The molecule has 0 spiro atoms. The van der Waals surface area contributed by atoms with Crippen molar-refractivity contribution in [3.8, 4) is 5.75 Å². The van der Waals surface area contributed by atoms with E-state index in [2.05, 4.69) is 26.1 Å². The number of aromatic carboxylic acids is 1. The number of amides is 1. The van der Waals surface area contributed by atoms with Gasteiger partial charge < -0.3 is 15.5 Å². The van der Waals surface area contributed by atoms with Crippen molar-refractivity contribution in [3.63, 3.8) is 0 Å². The maximum Gasteiger partial charge on any atom is 0.337 e. The Morgan fingerprint density at radius 1 is 1.00 bits per heavy atom. The highest BCUT2D eigenvalue weighted by atomic mass is 16.4. The molecule has 3 N–H and O–H groups in total. The van der Waals surface area contributed by atoms with Crippen molar-refractivity contribution in [1.82, 2.24) is 0 Å². The van der Waals surface area contributed by atoms with Crippen LogP contribution in [0.4, 0.5) is 5.69 Å². The van der Waals surface area contributed by atoms with Crippen LogP contribution in [0.3, 0.4) is 0 Å². The van der Waals surface area contributed by atoms with Gasteiger partial charge in [-0.1, -0.05) is 32.9 Å². The van der Waals surface area contributed by atoms with Crippen LogP contribution in [0.15, 0.2) is 42.5 Å². The SMILES string of the molecule is CC(C)(C)c1ccc(C(=O)Nc2ccc(O)cc2C(=O)O)cc1. The Morgan fingerprint density at radius 3 is 2.13 bits per heavy atom. The standard InChI is InChI=1S/C18H19NO4/c1-18(2,3)12-6-4-11(5-7-12)16(21)19-15-9-8-13(20)10-14(15)17(22)23/h4-10,20H,1-3H3,(H,19,21)(H,22,23). The highest BCUT2D eigenvalue weighted by Gasteiger charge is 2.16. The number of anilines is 1. The van der Waals surface area contributed by atoms with Crippen LogP contribution in [0.2, 0.25) is 0 Å². The predicted octanol–water partition coefficient (Wildman–Crippen LogP) is 3.64. The summed E-state index contributed by atoms with van der Waals surface area (Å²) in [6.07, 6.45) is 0. The second kappa shape index (κ2) is 6.12. The number of carboxylic acids is 1. The van der Waals surface area contributed by atoms with Gasteiger partial charge in [0.2, 0.25) is 0 Å². The number of phenolic OH excluding ortho intramolecular Hbond substituents is 1. The fraction of sp³-hybridized carbons (Fsp3) is 0.222. The van der Waals surface area contributed by atoms with Gasteiger partial charge in [-0.2, -0.15) is 0 Å². The first-order valence-corrected chi connectivity index (χ1v) is 7.16. The van der Waals surface area contributed by atoms with Crippen molar-refractivity contribution < 1.29 is 19.8 Å². The Labute approximate surface area is 134 Å². The molecule has 0 radical (unpaired) electrons. The first-order valence-electron chi connectivity index (χ1n) is 7.16. The molecule has 2 rings (SSSR count). The Hall–Kier alpha value is -2.82. The molecule has 23 heavy (non-hydrogen) atoms. The fourth-order valence-corrected chi connectivity index (χ4v) is 2.13. The minimum atomic E-state index is -1.22. The van der Waals surface area contributed by atoms with Gasteiger partial charge in [0.05, 0.1) is 11.3 Å². The third-order valence-corrected chi connectivity index (χ3v) is 3.49. The van der Waals surface area contributed by atoms with E-state index in [1.807, 2.05) is 12.1 Å². The molecular formula is C18H19NO4. The maximum absolute atomic E-state index is 12.3. The normalized spacial score (nSPS) is 11.1. The molecule has 0 aliphatic heterocycles. The molecule has 120 valence electrons. The number of hydrogen-bond donors (Lipinski definition) is 3. The second-order valence-corrected chi connectivity index (χ2v) is 6.32. The molecule has 0 saturated carbocycles. The van der Waals surface area contributed by atoms with Crippen LogP contribution in [0, 0.1) is 0 Å². The van der Waals surface area contributed by atoms with Gasteiger partial charge in [-0.05, 0) is 41.3 Å². The van der Waals surface area contributed by atoms with E-state index < -0.39 is 11.9 Å². The van der Waals surface area contributed by atoms with E-state index in [1.165, 1.54) is 12.1 Å². The minimum absolute atomic E-state index is 0.0115. The Kier molecular flexibility index (Phi) is 4.40. The van der Waals surface area contributed by atoms with Crippen LogP contribution in [-0.2, 0) is 5.41 Å². The first-order chi connectivity index (χ1) is 10.7. The number of hydrogen-bond acceptors (Lipinski definition) is 3. The average molecular weight is 313 g/mol. The number of phenols is 1. The molecule has 0 bridgehead atoms. The van der Waals surface area contributed by atoms with Crippen LogP contribution in [0.5, 0.6) is 5.75 Å². The van der Waals surface area contributed by atoms with Crippen molar-refractivity contribution in [2.24, 2.45) is 0 Å². The number of carbonyl (C=O) groups is 2. The van der Waals surface area contributed by atoms with Crippen molar-refractivity contribution in [3.05, 3.63) is 59.2 Å². The number of benzene rings is 2. The van der Waals surface area contributed by atoms with E-state index in [0.717, 1.165) is 11.6 Å². The molecular weight excluding hydrogens is 294 g/mol. The van der Waals surface area contributed by atoms with E-state index in [4.69, 9.17) is 5.11 Å². The van der Waals surface area contributed by atoms with Gasteiger partial charge in [-0.15, -0.1) is 0 Å². The summed E-state index contributed by atoms with van der Waals surface area (Å²) in [4.78, 5) is 23.5. The summed E-state index contributed by atoms with van der Waals surface area (Å²) >= 11 is 0. The zero-order valence-corrected chi connectivity index (χ0v) is 13.3. The zero-order chi connectivity index (χ0) is 17.2. The molecule has 0 unspecified atom stereocenters. The van der Waals surface area contributed by atoms with Gasteiger partial charge in [0, 0.05) is 5.56 Å². The number of carboxylic acid groups (broad SMARTS) is 1. The summed E-state index contributed by atoms with van der Waals surface area (Å²) in [5, 5.41) is 21.1. The lowest BCUT2D eigenvalue weighted by Crippen LogP contribution is -2.16. The lowest BCUT2D eigenvalue weighted by Gasteiger charge is -2.19. The van der Waals surface area contributed by atoms with E-state index in [0.29, 0.717) is 5.56 Å². The highest BCUT2D eigenvalue weighted by Crippen LogP contribution is 2.24. The lowest BCUT2D eigenvalue weighted by atomic mass is 9.86. The molecule has 0 fully saturated rings. The number of rotatable bonds is 3. The van der Waals surface area contributed by atoms with Crippen LogP contribution >= 0.6 is 0 Å². The third kappa shape index (κ3) is 3.88. The van der Waals surface area contributed by atoms with E-state index in [1.54, 1.807) is 12.1 Å². The molecule has 0 atom stereocenters. The number of aromatic hydroxyl groups is 1. The minimum Gasteiger partial charge on any atom is -0.508 e. The van der Waals surface area contributed by atoms with Crippen LogP contribution in [0.1, 0.15) is 47.1 Å². The molecule has 2 aromatic rings. The van der Waals surface area contributed by atoms with Crippen LogP contribution in [-0.4, -0.2) is 22.1 Å². The van der Waals surface area contributed by atoms with Gasteiger partial charge in [0.15, 0.2) is 0 Å². The Balaban J connectivity index is 2.24. The number of carbonyl (C=O) groups excluding carboxylic acids is 1. The molecule has 0 aromatic heterocycles. The summed E-state index contributed by atoms with van der Waals surface area (Å²) in [6, 6.07) is 11.0. The molecule has 0 aliphatic carbocycles. The third-order valence-electron chi connectivity index (χ3n) is 3.49. The summed E-state index contributed by atoms with van der Waals surface area (Å²) < 4.78 is 0. The van der Waals surface area contributed by atoms with Crippen molar-refractivity contribution >= 4 is 17.6 Å². The van der Waals surface area contributed by atoms with E-state index in [-0.39, 0.29) is 22.4 Å². The molecule has 5 heteroatoms. The second-order valence-electron chi connectivity index (χ2n) is 6.32. The maximum atomic E-state index is 12.3. The summed E-state index contributed by atoms with van der Waals surface area (Å²) in [5.74, 6) is -1.80. The Bertz CT molecular complexity index is 743. The quantitative estimate of drug-likeness (QED) is 0.755. The first kappa shape index (κ1) is 16.5. The zero-order valence-electron chi connectivity index (χ0n) is 13.3. The van der Waals surface area contributed by atoms with Crippen LogP contribution in [0.25, 0.3) is 0 Å². The molecule has 0 aliphatic rings. The number of nitrogens with one attached hydrogen (secondary N) is 1.